The number of aryl methyl sites for hydroxylation is 1. The lowest BCUT2D eigenvalue weighted by molar-refractivity contribution is 0.645. The van der Waals surface area contributed by atoms with Gasteiger partial charge in [-0.3, -0.25) is 4.68 Å². The molecule has 1 aromatic rings. The van der Waals surface area contributed by atoms with E-state index >= 15 is 0 Å². The Kier molecular flexibility index (Phi) is 3.66. The number of rotatable bonds is 2. The molecule has 0 aliphatic heterocycles. The summed E-state index contributed by atoms with van der Waals surface area (Å²) in [5, 5.41) is 5.01. The number of halogens is 1. The van der Waals surface area contributed by atoms with Crippen molar-refractivity contribution in [2.75, 3.05) is 0 Å². The molecule has 1 atom stereocenters. The van der Waals surface area contributed by atoms with Crippen LogP contribution in [0.3, 0.4) is 0 Å². The number of hydrogen-bond donors (Lipinski definition) is 1. The van der Waals surface area contributed by atoms with Crippen LogP contribution >= 0.6 is 11.6 Å². The van der Waals surface area contributed by atoms with Crippen LogP contribution in [0.25, 0.3) is 5.57 Å². The van der Waals surface area contributed by atoms with E-state index in [2.05, 4.69) is 18.1 Å². The maximum atomic E-state index is 6.19. The molecule has 1 aromatic heterocycles. The summed E-state index contributed by atoms with van der Waals surface area (Å²) >= 11 is 6.19. The first-order valence-corrected chi connectivity index (χ1v) is 6.28. The van der Waals surface area contributed by atoms with Crippen LogP contribution in [0.5, 0.6) is 0 Å². The van der Waals surface area contributed by atoms with E-state index in [0.29, 0.717) is 0 Å². The largest absolute Gasteiger partial charge is 0.324 e. The highest BCUT2D eigenvalue weighted by molar-refractivity contribution is 6.32. The van der Waals surface area contributed by atoms with Gasteiger partial charge in [0.05, 0.1) is 16.9 Å². The molecule has 88 valence electrons. The predicted octanol–water partition coefficient (Wildman–Crippen LogP) is 2.84. The third-order valence-electron chi connectivity index (χ3n) is 3.05. The molecule has 2 rings (SSSR count). The number of allylic oxidation sites excluding steroid dienone is 1. The topological polar surface area (TPSA) is 43.8 Å². The summed E-state index contributed by atoms with van der Waals surface area (Å²) in [4.78, 5) is 0. The summed E-state index contributed by atoms with van der Waals surface area (Å²) < 4.78 is 1.95. The predicted molar refractivity (Wildman–Crippen MR) is 67.3 cm³/mol. The molecule has 0 saturated carbocycles. The summed E-state index contributed by atoms with van der Waals surface area (Å²) in [6, 6.07) is 0.161. The smallest absolute Gasteiger partial charge is 0.0862 e. The molecule has 0 spiro atoms. The van der Waals surface area contributed by atoms with Gasteiger partial charge in [-0.2, -0.15) is 5.10 Å². The normalized spacial score (nSPS) is 21.7. The Labute approximate surface area is 101 Å². The number of nitrogens with zero attached hydrogens (tertiary/aromatic N) is 2. The van der Waals surface area contributed by atoms with Gasteiger partial charge in [0.2, 0.25) is 0 Å². The van der Waals surface area contributed by atoms with Gasteiger partial charge in [0, 0.05) is 12.6 Å². The van der Waals surface area contributed by atoms with Gasteiger partial charge in [-0.15, -0.1) is 0 Å². The van der Waals surface area contributed by atoms with Crippen molar-refractivity contribution in [1.29, 1.82) is 0 Å². The van der Waals surface area contributed by atoms with Crippen LogP contribution in [0.15, 0.2) is 12.3 Å². The van der Waals surface area contributed by atoms with E-state index in [1.807, 2.05) is 4.68 Å². The molecule has 0 aromatic carbocycles. The second kappa shape index (κ2) is 5.02. The van der Waals surface area contributed by atoms with Crippen molar-refractivity contribution < 1.29 is 0 Å². The molecule has 16 heavy (non-hydrogen) atoms. The van der Waals surface area contributed by atoms with Crippen molar-refractivity contribution in [3.05, 3.63) is 23.0 Å². The highest BCUT2D eigenvalue weighted by Crippen LogP contribution is 2.30. The van der Waals surface area contributed by atoms with Gasteiger partial charge in [0.15, 0.2) is 0 Å². The lowest BCUT2D eigenvalue weighted by atomic mass is 10.1. The second-order valence-corrected chi connectivity index (χ2v) is 4.67. The fourth-order valence-electron chi connectivity index (χ4n) is 2.24. The van der Waals surface area contributed by atoms with Crippen LogP contribution in [-0.2, 0) is 6.54 Å². The van der Waals surface area contributed by atoms with Crippen LogP contribution in [0.1, 0.15) is 38.3 Å². The monoisotopic (exact) mass is 239 g/mol. The second-order valence-electron chi connectivity index (χ2n) is 4.26. The van der Waals surface area contributed by atoms with Crippen molar-refractivity contribution >= 4 is 17.2 Å². The van der Waals surface area contributed by atoms with Gasteiger partial charge in [-0.1, -0.05) is 24.1 Å². The van der Waals surface area contributed by atoms with Gasteiger partial charge in [-0.25, -0.2) is 0 Å². The molecule has 1 aliphatic rings. The molecule has 1 heterocycles. The first kappa shape index (κ1) is 11.7. The quantitative estimate of drug-likeness (QED) is 0.863. The Morgan fingerprint density at radius 3 is 3.12 bits per heavy atom. The van der Waals surface area contributed by atoms with E-state index in [0.717, 1.165) is 30.1 Å². The first-order chi connectivity index (χ1) is 7.72. The van der Waals surface area contributed by atoms with E-state index in [1.54, 1.807) is 6.20 Å². The fourth-order valence-corrected chi connectivity index (χ4v) is 2.50. The Morgan fingerprint density at radius 2 is 2.38 bits per heavy atom. The molecule has 1 aliphatic carbocycles. The lowest BCUT2D eigenvalue weighted by Gasteiger charge is -2.09. The highest BCUT2D eigenvalue weighted by atomic mass is 35.5. The maximum Gasteiger partial charge on any atom is 0.0862 e. The Bertz CT molecular complexity index is 395. The minimum atomic E-state index is 0.161. The summed E-state index contributed by atoms with van der Waals surface area (Å²) in [6.45, 7) is 2.92. The fraction of sp³-hybridized carbons (Fsp3) is 0.583. The molecule has 0 radical (unpaired) electrons. The van der Waals surface area contributed by atoms with Crippen molar-refractivity contribution in [3.8, 4) is 0 Å². The van der Waals surface area contributed by atoms with Crippen molar-refractivity contribution in [1.82, 2.24) is 9.78 Å². The van der Waals surface area contributed by atoms with Gasteiger partial charge in [-0.05, 0) is 31.8 Å². The van der Waals surface area contributed by atoms with Crippen LogP contribution in [0, 0.1) is 0 Å². The van der Waals surface area contributed by atoms with E-state index < -0.39 is 0 Å². The Balaban J connectivity index is 2.37. The lowest BCUT2D eigenvalue weighted by Crippen LogP contribution is -2.16. The highest BCUT2D eigenvalue weighted by Gasteiger charge is 2.16. The zero-order valence-electron chi connectivity index (χ0n) is 9.62. The molecule has 0 fully saturated rings. The van der Waals surface area contributed by atoms with Crippen LogP contribution < -0.4 is 5.73 Å². The third kappa shape index (κ3) is 2.30. The summed E-state index contributed by atoms with van der Waals surface area (Å²) in [7, 11) is 0. The SMILES string of the molecule is CCn1ncc(Cl)c1C1=CC(N)CCCC1. The van der Waals surface area contributed by atoms with Crippen LogP contribution in [0.2, 0.25) is 5.02 Å². The first-order valence-electron chi connectivity index (χ1n) is 5.90. The molecular weight excluding hydrogens is 222 g/mol. The van der Waals surface area contributed by atoms with Crippen molar-refractivity contribution in [2.45, 2.75) is 45.2 Å². The average molecular weight is 240 g/mol. The minimum absolute atomic E-state index is 0.161. The number of aromatic nitrogens is 2. The maximum absolute atomic E-state index is 6.19. The summed E-state index contributed by atoms with van der Waals surface area (Å²) in [6.07, 6.45) is 8.38. The molecule has 0 amide bonds. The van der Waals surface area contributed by atoms with Gasteiger partial charge < -0.3 is 5.73 Å². The molecule has 4 heteroatoms. The molecule has 0 saturated heterocycles. The molecule has 2 N–H and O–H groups in total. The average Bonchev–Trinajstić information content (AvgIpc) is 2.50. The molecule has 1 unspecified atom stereocenters. The van der Waals surface area contributed by atoms with E-state index in [4.69, 9.17) is 17.3 Å². The van der Waals surface area contributed by atoms with Gasteiger partial charge in [0.1, 0.15) is 0 Å². The van der Waals surface area contributed by atoms with E-state index in [-0.39, 0.29) is 6.04 Å². The van der Waals surface area contributed by atoms with Gasteiger partial charge >= 0.3 is 0 Å². The standard InChI is InChI=1S/C12H18ClN3/c1-2-16-12(11(13)8-15-16)9-5-3-4-6-10(14)7-9/h7-8,10H,2-6,14H2,1H3. The summed E-state index contributed by atoms with van der Waals surface area (Å²) in [5.41, 5.74) is 8.34. The van der Waals surface area contributed by atoms with E-state index in [1.165, 1.54) is 18.4 Å². The Morgan fingerprint density at radius 1 is 1.56 bits per heavy atom. The minimum Gasteiger partial charge on any atom is -0.324 e. The van der Waals surface area contributed by atoms with Gasteiger partial charge in [0.25, 0.3) is 0 Å². The zero-order chi connectivity index (χ0) is 11.5. The van der Waals surface area contributed by atoms with Crippen LogP contribution in [-0.4, -0.2) is 15.8 Å². The van der Waals surface area contributed by atoms with Crippen molar-refractivity contribution in [3.63, 3.8) is 0 Å². The Hall–Kier alpha value is -0.800. The van der Waals surface area contributed by atoms with E-state index in [9.17, 15) is 0 Å². The number of nitrogens with two attached hydrogens (primary N) is 1. The number of hydrogen-bond acceptors (Lipinski definition) is 2. The zero-order valence-corrected chi connectivity index (χ0v) is 10.4. The summed E-state index contributed by atoms with van der Waals surface area (Å²) in [5.74, 6) is 0. The molecular formula is C12H18ClN3. The third-order valence-corrected chi connectivity index (χ3v) is 3.32. The van der Waals surface area contributed by atoms with Crippen molar-refractivity contribution in [2.24, 2.45) is 5.73 Å². The molecule has 0 bridgehead atoms. The molecule has 3 nitrogen and oxygen atoms in total. The van der Waals surface area contributed by atoms with Crippen LogP contribution in [0.4, 0.5) is 0 Å².